The lowest BCUT2D eigenvalue weighted by Crippen LogP contribution is -2.40. The molecular formula is C17H14Cl3N3O5S. The molecule has 1 aromatic rings. The van der Waals surface area contributed by atoms with Gasteiger partial charge in [-0.25, -0.2) is 0 Å². The molecule has 2 aliphatic rings. The third-order valence-electron chi connectivity index (χ3n) is 4.72. The minimum atomic E-state index is -1.11. The predicted octanol–water partition coefficient (Wildman–Crippen LogP) is 3.98. The molecule has 1 aliphatic heterocycles. The van der Waals surface area contributed by atoms with Gasteiger partial charge in [0.15, 0.2) is 0 Å². The Morgan fingerprint density at radius 3 is 2.66 bits per heavy atom. The van der Waals surface area contributed by atoms with Crippen LogP contribution >= 0.6 is 46.6 Å². The number of amides is 3. The molecule has 1 saturated heterocycles. The van der Waals surface area contributed by atoms with Crippen LogP contribution in [0.2, 0.25) is 5.02 Å². The van der Waals surface area contributed by atoms with E-state index in [0.717, 1.165) is 4.90 Å². The van der Waals surface area contributed by atoms with Crippen LogP contribution in [0.5, 0.6) is 0 Å². The molecule has 1 N–H and O–H groups in total. The predicted molar refractivity (Wildman–Crippen MR) is 111 cm³/mol. The van der Waals surface area contributed by atoms with Crippen molar-refractivity contribution in [3.05, 3.63) is 43.8 Å². The fourth-order valence-corrected chi connectivity index (χ4v) is 4.48. The van der Waals surface area contributed by atoms with Crippen molar-refractivity contribution >= 4 is 75.4 Å². The highest BCUT2D eigenvalue weighted by Crippen LogP contribution is 2.63. The fourth-order valence-electron chi connectivity index (χ4n) is 2.73. The Hall–Kier alpha value is -1.81. The lowest BCUT2D eigenvalue weighted by Gasteiger charge is -2.15. The lowest BCUT2D eigenvalue weighted by atomic mass is 10.1. The van der Waals surface area contributed by atoms with E-state index in [0.29, 0.717) is 23.7 Å². The average Bonchev–Trinajstić information content (AvgIpc) is 3.05. The van der Waals surface area contributed by atoms with Gasteiger partial charge in [0.2, 0.25) is 5.91 Å². The molecule has 0 bridgehead atoms. The van der Waals surface area contributed by atoms with E-state index in [1.54, 1.807) is 6.92 Å². The summed E-state index contributed by atoms with van der Waals surface area (Å²) in [6, 6.07) is 4.07. The SMILES string of the molecule is CC1(C(=O)NCCN2C(=O)S/C(=C\c3ccc(Cl)c([N+](=O)[O-])c3)C2=O)CC1(Cl)Cl. The fraction of sp³-hybridized carbons (Fsp3) is 0.353. The van der Waals surface area contributed by atoms with Gasteiger partial charge in [0.05, 0.1) is 15.2 Å². The zero-order valence-electron chi connectivity index (χ0n) is 14.9. The molecule has 1 heterocycles. The number of benzene rings is 1. The summed E-state index contributed by atoms with van der Waals surface area (Å²) in [7, 11) is 0. The first-order valence-electron chi connectivity index (χ1n) is 8.32. The van der Waals surface area contributed by atoms with E-state index in [1.807, 2.05) is 0 Å². The van der Waals surface area contributed by atoms with Crippen LogP contribution in [0.4, 0.5) is 10.5 Å². The van der Waals surface area contributed by atoms with Crippen molar-refractivity contribution in [3.8, 4) is 0 Å². The largest absolute Gasteiger partial charge is 0.354 e. The van der Waals surface area contributed by atoms with E-state index in [1.165, 1.54) is 24.3 Å². The van der Waals surface area contributed by atoms with Gasteiger partial charge in [-0.1, -0.05) is 17.7 Å². The summed E-state index contributed by atoms with van der Waals surface area (Å²) in [5.41, 5.74) is -0.828. The summed E-state index contributed by atoms with van der Waals surface area (Å²) >= 11 is 18.4. The van der Waals surface area contributed by atoms with Crippen LogP contribution < -0.4 is 5.32 Å². The Morgan fingerprint density at radius 2 is 2.07 bits per heavy atom. The Kier molecular flexibility index (Phi) is 5.88. The first-order valence-corrected chi connectivity index (χ1v) is 10.3. The molecule has 1 atom stereocenters. The molecule has 2 fully saturated rings. The molecule has 1 aliphatic carbocycles. The van der Waals surface area contributed by atoms with Gasteiger partial charge in [-0.3, -0.25) is 29.4 Å². The highest BCUT2D eigenvalue weighted by Gasteiger charge is 2.67. The summed E-state index contributed by atoms with van der Waals surface area (Å²) in [4.78, 5) is 48.2. The number of hydrogen-bond donors (Lipinski definition) is 1. The molecule has 1 unspecified atom stereocenters. The second-order valence-electron chi connectivity index (χ2n) is 6.77. The number of nitrogens with zero attached hydrogens (tertiary/aromatic N) is 2. The Balaban J connectivity index is 1.64. The van der Waals surface area contributed by atoms with E-state index in [4.69, 9.17) is 34.8 Å². The van der Waals surface area contributed by atoms with Gasteiger partial charge in [0.25, 0.3) is 16.8 Å². The number of carbonyl (C=O) groups excluding carboxylic acids is 3. The maximum Gasteiger partial charge on any atom is 0.293 e. The molecule has 3 rings (SSSR count). The minimum absolute atomic E-state index is 0.0256. The first-order chi connectivity index (χ1) is 13.5. The Morgan fingerprint density at radius 1 is 1.41 bits per heavy atom. The Labute approximate surface area is 184 Å². The van der Waals surface area contributed by atoms with E-state index in [9.17, 15) is 24.5 Å². The molecule has 154 valence electrons. The maximum absolute atomic E-state index is 12.5. The van der Waals surface area contributed by atoms with Crippen molar-refractivity contribution < 1.29 is 19.3 Å². The highest BCUT2D eigenvalue weighted by molar-refractivity contribution is 8.18. The van der Waals surface area contributed by atoms with Crippen LogP contribution in [-0.4, -0.2) is 44.3 Å². The molecule has 0 spiro atoms. The van der Waals surface area contributed by atoms with Gasteiger partial charge in [-0.2, -0.15) is 0 Å². The Bertz CT molecular complexity index is 968. The second-order valence-corrected chi connectivity index (χ2v) is 9.65. The summed E-state index contributed by atoms with van der Waals surface area (Å²) in [5.74, 6) is -0.896. The molecule has 29 heavy (non-hydrogen) atoms. The number of nitrogens with one attached hydrogen (secondary N) is 1. The van der Waals surface area contributed by atoms with Crippen molar-refractivity contribution in [2.45, 2.75) is 17.7 Å². The molecule has 8 nitrogen and oxygen atoms in total. The van der Waals surface area contributed by atoms with E-state index in [-0.39, 0.29) is 34.6 Å². The normalized spacial score (nSPS) is 24.1. The van der Waals surface area contributed by atoms with Gasteiger partial charge in [-0.05, 0) is 42.8 Å². The maximum atomic E-state index is 12.5. The highest BCUT2D eigenvalue weighted by atomic mass is 35.5. The van der Waals surface area contributed by atoms with Crippen LogP contribution in [-0.2, 0) is 9.59 Å². The number of nitro benzene ring substituents is 1. The van der Waals surface area contributed by atoms with E-state index < -0.39 is 25.8 Å². The van der Waals surface area contributed by atoms with Crippen LogP contribution in [0, 0.1) is 15.5 Å². The van der Waals surface area contributed by atoms with Crippen LogP contribution in [0.3, 0.4) is 0 Å². The first kappa shape index (κ1) is 21.9. The number of thioether (sulfide) groups is 1. The quantitative estimate of drug-likeness (QED) is 0.287. The van der Waals surface area contributed by atoms with Gasteiger partial charge in [-0.15, -0.1) is 23.2 Å². The third-order valence-corrected chi connectivity index (χ3v) is 7.05. The number of rotatable bonds is 6. The van der Waals surface area contributed by atoms with Crippen molar-refractivity contribution in [2.24, 2.45) is 5.41 Å². The second kappa shape index (κ2) is 7.79. The molecule has 1 saturated carbocycles. The van der Waals surface area contributed by atoms with Crippen LogP contribution in [0.15, 0.2) is 23.1 Å². The topological polar surface area (TPSA) is 110 Å². The molecule has 3 amide bonds. The number of imide groups is 1. The minimum Gasteiger partial charge on any atom is -0.354 e. The van der Waals surface area contributed by atoms with Crippen molar-refractivity contribution in [1.29, 1.82) is 0 Å². The summed E-state index contributed by atoms with van der Waals surface area (Å²) in [5, 5.41) is 13.1. The third kappa shape index (κ3) is 4.23. The van der Waals surface area contributed by atoms with Gasteiger partial charge in [0, 0.05) is 19.2 Å². The molecular weight excluding hydrogens is 465 g/mol. The average molecular weight is 479 g/mol. The zero-order valence-corrected chi connectivity index (χ0v) is 18.0. The molecule has 1 aromatic carbocycles. The van der Waals surface area contributed by atoms with Crippen molar-refractivity contribution in [1.82, 2.24) is 10.2 Å². The van der Waals surface area contributed by atoms with Gasteiger partial charge in [0.1, 0.15) is 9.36 Å². The number of halogens is 3. The van der Waals surface area contributed by atoms with Crippen LogP contribution in [0.25, 0.3) is 6.08 Å². The van der Waals surface area contributed by atoms with Gasteiger partial charge < -0.3 is 5.32 Å². The molecule has 0 radical (unpaired) electrons. The smallest absolute Gasteiger partial charge is 0.293 e. The number of alkyl halides is 2. The van der Waals surface area contributed by atoms with Crippen molar-refractivity contribution in [3.63, 3.8) is 0 Å². The zero-order chi connectivity index (χ0) is 21.6. The number of carbonyl (C=O) groups is 3. The summed E-state index contributed by atoms with van der Waals surface area (Å²) in [6.45, 7) is 1.66. The molecule has 0 aromatic heterocycles. The number of hydrogen-bond acceptors (Lipinski definition) is 6. The van der Waals surface area contributed by atoms with Gasteiger partial charge >= 0.3 is 0 Å². The van der Waals surface area contributed by atoms with E-state index >= 15 is 0 Å². The van der Waals surface area contributed by atoms with Crippen molar-refractivity contribution in [2.75, 3.05) is 13.1 Å². The monoisotopic (exact) mass is 477 g/mol. The molecule has 12 heteroatoms. The summed E-state index contributed by atoms with van der Waals surface area (Å²) < 4.78 is -1.11. The lowest BCUT2D eigenvalue weighted by molar-refractivity contribution is -0.384. The number of nitro groups is 1. The standard InChI is InChI=1S/C17H14Cl3N3O5S/c1-16(8-17(16,19)20)14(25)21-4-5-22-13(24)12(29-15(22)26)7-9-2-3-10(18)11(6-9)23(27)28/h2-3,6-7H,4-5,8H2,1H3,(H,21,25)/b12-7-. The summed E-state index contributed by atoms with van der Waals surface area (Å²) in [6.07, 6.45) is 1.71. The van der Waals surface area contributed by atoms with Crippen LogP contribution in [0.1, 0.15) is 18.9 Å². The van der Waals surface area contributed by atoms with E-state index in [2.05, 4.69) is 5.32 Å².